The van der Waals surface area contributed by atoms with Gasteiger partial charge < -0.3 is 5.73 Å². The number of benzene rings is 6. The minimum atomic E-state index is -4.63. The fraction of sp³-hybridized carbons (Fsp3) is 0. The normalized spacial score (nSPS) is 13.0. The summed E-state index contributed by atoms with van der Waals surface area (Å²) in [7, 11) is -13.7. The van der Waals surface area contributed by atoms with Crippen molar-refractivity contribution < 1.29 is 38.9 Å². The Hall–Kier alpha value is -5.17. The van der Waals surface area contributed by atoms with Crippen molar-refractivity contribution in [2.24, 2.45) is 20.5 Å². The molecule has 0 amide bonds. The molecule has 0 saturated carbocycles. The van der Waals surface area contributed by atoms with Gasteiger partial charge in [0.2, 0.25) is 0 Å². The van der Waals surface area contributed by atoms with E-state index in [1.165, 1.54) is 66.7 Å². The van der Waals surface area contributed by atoms with Gasteiger partial charge in [-0.3, -0.25) is 13.7 Å². The first-order chi connectivity index (χ1) is 22.1. The Bertz CT molecular complexity index is 2680. The van der Waals surface area contributed by atoms with Crippen molar-refractivity contribution in [1.29, 1.82) is 0 Å². The Morgan fingerprint density at radius 1 is 0.468 bits per heavy atom. The number of nitrogens with two attached hydrogens (primary N) is 1. The number of azo groups is 2. The number of fused-ring (bicyclic) bond motifs is 3. The highest BCUT2D eigenvalue weighted by molar-refractivity contribution is 7.86. The lowest BCUT2D eigenvalue weighted by Crippen LogP contribution is -2.01. The van der Waals surface area contributed by atoms with Crippen molar-refractivity contribution in [1.82, 2.24) is 0 Å². The number of nitrogen functional groups attached to an aromatic ring is 1. The summed E-state index contributed by atoms with van der Waals surface area (Å²) in [6.07, 6.45) is 0. The summed E-state index contributed by atoms with van der Waals surface area (Å²) in [6, 6.07) is 22.8. The summed E-state index contributed by atoms with van der Waals surface area (Å²) in [5.74, 6) is 0. The summed E-state index contributed by atoms with van der Waals surface area (Å²) in [5.41, 5.74) is 6.95. The average molecular weight is 692 g/mol. The van der Waals surface area contributed by atoms with Gasteiger partial charge in [-0.2, -0.15) is 25.3 Å². The largest absolute Gasteiger partial charge is 0.398 e. The molecule has 238 valence electrons. The molecule has 0 aliphatic heterocycles. The minimum absolute atomic E-state index is 0.0397. The van der Waals surface area contributed by atoms with E-state index in [2.05, 4.69) is 20.5 Å². The zero-order chi connectivity index (χ0) is 33.7. The van der Waals surface area contributed by atoms with Gasteiger partial charge in [0.25, 0.3) is 30.4 Å². The van der Waals surface area contributed by atoms with Crippen molar-refractivity contribution in [3.05, 3.63) is 97.1 Å². The van der Waals surface area contributed by atoms with E-state index in [4.69, 9.17) is 5.73 Å². The first-order valence-corrected chi connectivity index (χ1v) is 17.6. The van der Waals surface area contributed by atoms with Crippen LogP contribution in [0.25, 0.3) is 32.3 Å². The first kappa shape index (κ1) is 31.8. The molecule has 6 aromatic carbocycles. The molecule has 0 bridgehead atoms. The fourth-order valence-electron chi connectivity index (χ4n) is 5.02. The fourth-order valence-corrected chi connectivity index (χ4v) is 6.77. The van der Waals surface area contributed by atoms with E-state index in [9.17, 15) is 38.9 Å². The third-order valence-corrected chi connectivity index (χ3v) is 9.78. The number of hydrogen-bond donors (Lipinski definition) is 4. The molecule has 0 spiro atoms. The molecule has 6 aromatic rings. The highest BCUT2D eigenvalue weighted by Gasteiger charge is 2.18. The van der Waals surface area contributed by atoms with Crippen LogP contribution >= 0.6 is 0 Å². The van der Waals surface area contributed by atoms with E-state index in [0.717, 1.165) is 6.07 Å². The Balaban J connectivity index is 1.49. The maximum atomic E-state index is 12.0. The van der Waals surface area contributed by atoms with Gasteiger partial charge in [0, 0.05) is 32.6 Å². The zero-order valence-electron chi connectivity index (χ0n) is 23.6. The molecular formula is C30H21N5O9S3. The molecule has 0 fully saturated rings. The highest BCUT2D eigenvalue weighted by Crippen LogP contribution is 2.39. The van der Waals surface area contributed by atoms with Gasteiger partial charge in [-0.1, -0.05) is 36.4 Å². The number of hydrogen-bond acceptors (Lipinski definition) is 11. The predicted octanol–water partition coefficient (Wildman–Crippen LogP) is 7.30. The lowest BCUT2D eigenvalue weighted by atomic mass is 10.1. The standard InChI is InChI=1S/C30H21N5O9S3/c31-24-11-12-27(21-4-2-6-29(30(21)24)47(42,43)44)34-35-28-14-13-26(20-10-9-19(16-23(20)28)46(39,40)41)33-32-25-5-1-3-17-7-8-18(15-22(17)25)45(36,37)38/h1-16H,31H2,(H,36,37,38)(H,39,40,41)(H,42,43,44)/b33-32+,35-34+. The van der Waals surface area contributed by atoms with Crippen molar-refractivity contribution in [3.8, 4) is 0 Å². The van der Waals surface area contributed by atoms with Crippen LogP contribution in [0.3, 0.4) is 0 Å². The third kappa shape index (κ3) is 6.30. The molecular weight excluding hydrogens is 671 g/mol. The molecule has 14 nitrogen and oxygen atoms in total. The number of rotatable bonds is 7. The van der Waals surface area contributed by atoms with Crippen molar-refractivity contribution in [2.75, 3.05) is 5.73 Å². The Morgan fingerprint density at radius 3 is 1.60 bits per heavy atom. The van der Waals surface area contributed by atoms with Crippen LogP contribution in [-0.4, -0.2) is 38.9 Å². The van der Waals surface area contributed by atoms with Gasteiger partial charge in [0.15, 0.2) is 0 Å². The van der Waals surface area contributed by atoms with Crippen LogP contribution in [0.15, 0.2) is 132 Å². The molecule has 17 heteroatoms. The number of anilines is 1. The molecule has 0 aromatic heterocycles. The second-order valence-electron chi connectivity index (χ2n) is 10.1. The predicted molar refractivity (Wildman–Crippen MR) is 174 cm³/mol. The first-order valence-electron chi connectivity index (χ1n) is 13.3. The zero-order valence-corrected chi connectivity index (χ0v) is 26.1. The molecule has 0 saturated heterocycles. The summed E-state index contributed by atoms with van der Waals surface area (Å²) in [4.78, 5) is -1.17. The maximum absolute atomic E-state index is 12.0. The lowest BCUT2D eigenvalue weighted by Gasteiger charge is -2.09. The molecule has 0 radical (unpaired) electrons. The van der Waals surface area contributed by atoms with Crippen LogP contribution in [0, 0.1) is 0 Å². The molecule has 0 aliphatic rings. The quantitative estimate of drug-likeness (QED) is 0.0739. The summed E-state index contributed by atoms with van der Waals surface area (Å²) < 4.78 is 100. The van der Waals surface area contributed by atoms with Gasteiger partial charge in [-0.05, 0) is 66.0 Å². The highest BCUT2D eigenvalue weighted by atomic mass is 32.2. The van der Waals surface area contributed by atoms with Gasteiger partial charge in [0.1, 0.15) is 4.90 Å². The summed E-state index contributed by atoms with van der Waals surface area (Å²) in [5, 5.41) is 19.0. The summed E-state index contributed by atoms with van der Waals surface area (Å²) >= 11 is 0. The minimum Gasteiger partial charge on any atom is -0.398 e. The molecule has 0 aliphatic carbocycles. The van der Waals surface area contributed by atoms with Crippen molar-refractivity contribution >= 4 is 91.1 Å². The smallest absolute Gasteiger partial charge is 0.295 e. The van der Waals surface area contributed by atoms with E-state index in [1.807, 2.05) is 0 Å². The Labute approximate surface area is 267 Å². The van der Waals surface area contributed by atoms with Gasteiger partial charge in [-0.25, -0.2) is 0 Å². The average Bonchev–Trinajstić information content (AvgIpc) is 3.01. The van der Waals surface area contributed by atoms with Crippen molar-refractivity contribution in [3.63, 3.8) is 0 Å². The third-order valence-electron chi connectivity index (χ3n) is 7.19. The molecule has 0 atom stereocenters. The van der Waals surface area contributed by atoms with Gasteiger partial charge in [0.05, 0.1) is 32.5 Å². The topological polar surface area (TPSA) is 239 Å². The van der Waals surface area contributed by atoms with E-state index in [1.54, 1.807) is 24.3 Å². The Kier molecular flexibility index (Phi) is 7.83. The van der Waals surface area contributed by atoms with Crippen LogP contribution in [0.5, 0.6) is 0 Å². The van der Waals surface area contributed by atoms with E-state index >= 15 is 0 Å². The molecule has 6 rings (SSSR count). The lowest BCUT2D eigenvalue weighted by molar-refractivity contribution is 0.481. The van der Waals surface area contributed by atoms with Crippen LogP contribution in [0.2, 0.25) is 0 Å². The number of nitrogens with zero attached hydrogens (tertiary/aromatic N) is 4. The molecule has 0 heterocycles. The van der Waals surface area contributed by atoms with Crippen LogP contribution < -0.4 is 5.73 Å². The Morgan fingerprint density at radius 2 is 0.979 bits per heavy atom. The molecule has 47 heavy (non-hydrogen) atoms. The SMILES string of the molecule is Nc1ccc(/N=N/c2ccc(/N=N/c3cccc4ccc(S(=O)(=O)O)cc34)c3ccc(S(=O)(=O)O)cc23)c2cccc(S(=O)(=O)O)c12. The van der Waals surface area contributed by atoms with E-state index < -0.39 is 40.1 Å². The van der Waals surface area contributed by atoms with Crippen LogP contribution in [0.1, 0.15) is 0 Å². The van der Waals surface area contributed by atoms with E-state index in [-0.39, 0.29) is 49.5 Å². The monoisotopic (exact) mass is 691 g/mol. The second-order valence-corrected chi connectivity index (χ2v) is 14.4. The molecule has 0 unspecified atom stereocenters. The van der Waals surface area contributed by atoms with Gasteiger partial charge in [-0.15, -0.1) is 20.5 Å². The summed E-state index contributed by atoms with van der Waals surface area (Å²) in [6.45, 7) is 0. The van der Waals surface area contributed by atoms with Crippen molar-refractivity contribution in [2.45, 2.75) is 14.7 Å². The van der Waals surface area contributed by atoms with Gasteiger partial charge >= 0.3 is 0 Å². The maximum Gasteiger partial charge on any atom is 0.295 e. The van der Waals surface area contributed by atoms with Crippen LogP contribution in [-0.2, 0) is 30.4 Å². The second kappa shape index (κ2) is 11.6. The van der Waals surface area contributed by atoms with Crippen LogP contribution in [0.4, 0.5) is 28.4 Å². The molecule has 5 N–H and O–H groups in total. The van der Waals surface area contributed by atoms with E-state index in [0.29, 0.717) is 16.2 Å².